The molecule has 29 heavy (non-hydrogen) atoms. The van der Waals surface area contributed by atoms with Crippen molar-refractivity contribution in [3.8, 4) is 5.75 Å². The van der Waals surface area contributed by atoms with Gasteiger partial charge in [-0.3, -0.25) is 0 Å². The molecule has 0 unspecified atom stereocenters. The van der Waals surface area contributed by atoms with E-state index in [9.17, 15) is 0 Å². The molecule has 0 aliphatic heterocycles. The molecule has 0 amide bonds. The van der Waals surface area contributed by atoms with Crippen LogP contribution in [0, 0.1) is 6.92 Å². The minimum atomic E-state index is 0.535. The van der Waals surface area contributed by atoms with Crippen molar-refractivity contribution in [2.24, 2.45) is 0 Å². The van der Waals surface area contributed by atoms with Gasteiger partial charge in [0.1, 0.15) is 12.4 Å². The second kappa shape index (κ2) is 9.02. The van der Waals surface area contributed by atoms with E-state index >= 15 is 0 Å². The van der Waals surface area contributed by atoms with Gasteiger partial charge in [0.15, 0.2) is 0 Å². The maximum Gasteiger partial charge on any atom is 0.124 e. The molecule has 0 spiro atoms. The number of benzene rings is 4. The van der Waals surface area contributed by atoms with Crippen LogP contribution in [0.5, 0.6) is 5.75 Å². The molecular weight excluding hydrogens is 490 g/mol. The highest BCUT2D eigenvalue weighted by molar-refractivity contribution is 9.10. The second-order valence-corrected chi connectivity index (χ2v) is 8.82. The first-order chi connectivity index (χ1) is 14.1. The lowest BCUT2D eigenvalue weighted by Gasteiger charge is -2.15. The number of rotatable bonds is 6. The molecule has 0 saturated carbocycles. The molecule has 1 N–H and O–H groups in total. The minimum Gasteiger partial charge on any atom is -0.489 e. The lowest BCUT2D eigenvalue weighted by atomic mass is 10.1. The topological polar surface area (TPSA) is 21.3 Å². The Morgan fingerprint density at radius 1 is 0.793 bits per heavy atom. The largest absolute Gasteiger partial charge is 0.489 e. The molecule has 146 valence electrons. The van der Waals surface area contributed by atoms with E-state index in [1.807, 2.05) is 18.2 Å². The monoisotopic (exact) mass is 509 g/mol. The third-order valence-electron chi connectivity index (χ3n) is 4.94. The zero-order valence-electron chi connectivity index (χ0n) is 16.1. The normalized spacial score (nSPS) is 10.9. The summed E-state index contributed by atoms with van der Waals surface area (Å²) in [6.07, 6.45) is 0. The van der Waals surface area contributed by atoms with Crippen LogP contribution in [0.2, 0.25) is 0 Å². The van der Waals surface area contributed by atoms with Crippen molar-refractivity contribution in [1.82, 2.24) is 0 Å². The molecule has 0 saturated heterocycles. The standard InChI is InChI=1S/C25H21Br2NO/c1-17-13-21(26)9-11-24(17)28-15-20-14-22(27)10-12-25(20)29-16-19-7-4-6-18-5-2-3-8-23(18)19/h2-14,28H,15-16H2,1H3. The molecule has 0 fully saturated rings. The molecule has 4 aromatic carbocycles. The van der Waals surface area contributed by atoms with Gasteiger partial charge in [-0.1, -0.05) is 74.3 Å². The van der Waals surface area contributed by atoms with Crippen LogP contribution < -0.4 is 10.1 Å². The quantitative estimate of drug-likeness (QED) is 0.285. The highest BCUT2D eigenvalue weighted by Crippen LogP contribution is 2.28. The van der Waals surface area contributed by atoms with Gasteiger partial charge in [0, 0.05) is 26.7 Å². The van der Waals surface area contributed by atoms with Crippen LogP contribution in [-0.2, 0) is 13.2 Å². The lowest BCUT2D eigenvalue weighted by Crippen LogP contribution is -2.05. The molecule has 2 nitrogen and oxygen atoms in total. The summed E-state index contributed by atoms with van der Waals surface area (Å²) in [4.78, 5) is 0. The van der Waals surface area contributed by atoms with Gasteiger partial charge in [-0.25, -0.2) is 0 Å². The Hall–Kier alpha value is -2.30. The van der Waals surface area contributed by atoms with Crippen molar-refractivity contribution in [2.45, 2.75) is 20.1 Å². The Bertz CT molecular complexity index is 1150. The zero-order chi connectivity index (χ0) is 20.2. The summed E-state index contributed by atoms with van der Waals surface area (Å²) in [7, 11) is 0. The summed E-state index contributed by atoms with van der Waals surface area (Å²) in [6.45, 7) is 3.33. The summed E-state index contributed by atoms with van der Waals surface area (Å²) >= 11 is 7.10. The fourth-order valence-electron chi connectivity index (χ4n) is 3.42. The Morgan fingerprint density at radius 3 is 2.41 bits per heavy atom. The van der Waals surface area contributed by atoms with E-state index in [4.69, 9.17) is 4.74 Å². The van der Waals surface area contributed by atoms with Crippen molar-refractivity contribution in [3.05, 3.63) is 104 Å². The Kier molecular flexibility index (Phi) is 6.22. The van der Waals surface area contributed by atoms with Crippen molar-refractivity contribution in [3.63, 3.8) is 0 Å². The number of hydrogen-bond donors (Lipinski definition) is 1. The first kappa shape index (κ1) is 20.0. The van der Waals surface area contributed by atoms with Crippen LogP contribution >= 0.6 is 31.9 Å². The predicted octanol–water partition coefficient (Wildman–Crippen LogP) is 7.86. The fraction of sp³-hybridized carbons (Fsp3) is 0.120. The summed E-state index contributed by atoms with van der Waals surface area (Å²) in [5, 5.41) is 6.00. The predicted molar refractivity (Wildman–Crippen MR) is 129 cm³/mol. The van der Waals surface area contributed by atoms with E-state index in [0.717, 1.165) is 25.9 Å². The second-order valence-electron chi connectivity index (χ2n) is 6.99. The van der Waals surface area contributed by atoms with Crippen LogP contribution in [0.1, 0.15) is 16.7 Å². The Balaban J connectivity index is 1.53. The summed E-state index contributed by atoms with van der Waals surface area (Å²) in [5.41, 5.74) is 4.62. The average Bonchev–Trinajstić information content (AvgIpc) is 2.72. The van der Waals surface area contributed by atoms with Gasteiger partial charge in [0.2, 0.25) is 0 Å². The van der Waals surface area contributed by atoms with E-state index in [0.29, 0.717) is 13.2 Å². The van der Waals surface area contributed by atoms with E-state index in [-0.39, 0.29) is 0 Å². The van der Waals surface area contributed by atoms with Gasteiger partial charge in [0.05, 0.1) is 0 Å². The van der Waals surface area contributed by atoms with Crippen molar-refractivity contribution in [2.75, 3.05) is 5.32 Å². The molecule has 4 heteroatoms. The first-order valence-corrected chi connectivity index (χ1v) is 11.1. The molecule has 4 aromatic rings. The van der Waals surface area contributed by atoms with Crippen molar-refractivity contribution < 1.29 is 4.74 Å². The van der Waals surface area contributed by atoms with E-state index < -0.39 is 0 Å². The zero-order valence-corrected chi connectivity index (χ0v) is 19.3. The summed E-state index contributed by atoms with van der Waals surface area (Å²) in [5.74, 6) is 0.892. The number of nitrogens with one attached hydrogen (secondary N) is 1. The molecule has 4 rings (SSSR count). The van der Waals surface area contributed by atoms with Gasteiger partial charge in [-0.2, -0.15) is 0 Å². The van der Waals surface area contributed by atoms with Crippen LogP contribution in [0.25, 0.3) is 10.8 Å². The molecule has 0 aliphatic rings. The average molecular weight is 511 g/mol. The summed E-state index contributed by atoms with van der Waals surface area (Å²) in [6, 6.07) is 27.2. The highest BCUT2D eigenvalue weighted by Gasteiger charge is 2.08. The van der Waals surface area contributed by atoms with Gasteiger partial charge in [0.25, 0.3) is 0 Å². The highest BCUT2D eigenvalue weighted by atomic mass is 79.9. The van der Waals surface area contributed by atoms with Crippen molar-refractivity contribution in [1.29, 1.82) is 0 Å². The SMILES string of the molecule is Cc1cc(Br)ccc1NCc1cc(Br)ccc1OCc1cccc2ccccc12. The van der Waals surface area contributed by atoms with Crippen LogP contribution in [0.3, 0.4) is 0 Å². The van der Waals surface area contributed by atoms with E-state index in [2.05, 4.69) is 105 Å². The third kappa shape index (κ3) is 4.82. The smallest absolute Gasteiger partial charge is 0.124 e. The Labute approximate surface area is 188 Å². The molecule has 0 heterocycles. The van der Waals surface area contributed by atoms with Gasteiger partial charge in [-0.05, 0) is 65.2 Å². The number of hydrogen-bond acceptors (Lipinski definition) is 2. The fourth-order valence-corrected chi connectivity index (χ4v) is 4.30. The van der Waals surface area contributed by atoms with Gasteiger partial charge < -0.3 is 10.1 Å². The van der Waals surface area contributed by atoms with Gasteiger partial charge >= 0.3 is 0 Å². The maximum atomic E-state index is 6.26. The molecule has 0 bridgehead atoms. The number of ether oxygens (including phenoxy) is 1. The molecule has 0 aromatic heterocycles. The lowest BCUT2D eigenvalue weighted by molar-refractivity contribution is 0.304. The molecule has 0 atom stereocenters. The van der Waals surface area contributed by atoms with Crippen LogP contribution in [0.15, 0.2) is 87.8 Å². The van der Waals surface area contributed by atoms with E-state index in [1.54, 1.807) is 0 Å². The molecule has 0 radical (unpaired) electrons. The van der Waals surface area contributed by atoms with Gasteiger partial charge in [-0.15, -0.1) is 0 Å². The number of anilines is 1. The van der Waals surface area contributed by atoms with E-state index in [1.165, 1.54) is 21.9 Å². The molecular formula is C25H21Br2NO. The molecule has 0 aliphatic carbocycles. The van der Waals surface area contributed by atoms with Crippen LogP contribution in [-0.4, -0.2) is 0 Å². The number of fused-ring (bicyclic) bond motifs is 1. The minimum absolute atomic E-state index is 0.535. The number of halogens is 2. The first-order valence-electron chi connectivity index (χ1n) is 9.48. The Morgan fingerprint density at radius 2 is 1.55 bits per heavy atom. The van der Waals surface area contributed by atoms with Crippen molar-refractivity contribution >= 4 is 48.3 Å². The number of aryl methyl sites for hydroxylation is 1. The maximum absolute atomic E-state index is 6.26. The van der Waals surface area contributed by atoms with Crippen LogP contribution in [0.4, 0.5) is 5.69 Å². The third-order valence-corrected chi connectivity index (χ3v) is 5.93. The summed E-state index contributed by atoms with van der Waals surface area (Å²) < 4.78 is 8.38.